The van der Waals surface area contributed by atoms with Crippen LogP contribution in [-0.4, -0.2) is 22.2 Å². The number of rotatable bonds is 4. The minimum Gasteiger partial charge on any atom is -0.384 e. The molecule has 176 valence electrons. The Labute approximate surface area is 196 Å². The Balaban J connectivity index is 1.49. The number of nitrogens with two attached hydrogens (primary N) is 1. The molecule has 34 heavy (non-hydrogen) atoms. The van der Waals surface area contributed by atoms with Crippen LogP contribution in [0.25, 0.3) is 11.3 Å². The summed E-state index contributed by atoms with van der Waals surface area (Å²) in [5, 5.41) is 5.61. The summed E-state index contributed by atoms with van der Waals surface area (Å²) in [5.74, 6) is -0.394. The highest BCUT2D eigenvalue weighted by molar-refractivity contribution is 7.12. The summed E-state index contributed by atoms with van der Waals surface area (Å²) in [6.07, 6.45) is 0.239. The fourth-order valence-electron chi connectivity index (χ4n) is 3.50. The first kappa shape index (κ1) is 23.4. The van der Waals surface area contributed by atoms with Gasteiger partial charge in [0.1, 0.15) is 5.82 Å². The SMILES string of the molecule is Cc1nc(-c2ccnc(N)c2)c(C2C=CC=C(NC(=O)Nc3ccc(C(F)(F)F)cc3)C2F)s1. The highest BCUT2D eigenvalue weighted by atomic mass is 32.1. The van der Waals surface area contributed by atoms with Crippen LogP contribution in [0.15, 0.2) is 66.5 Å². The lowest BCUT2D eigenvalue weighted by molar-refractivity contribution is -0.137. The summed E-state index contributed by atoms with van der Waals surface area (Å²) in [6, 6.07) is 6.58. The van der Waals surface area contributed by atoms with Gasteiger partial charge in [0.05, 0.1) is 27.9 Å². The molecule has 2 aromatic heterocycles. The topological polar surface area (TPSA) is 92.9 Å². The van der Waals surface area contributed by atoms with Crippen molar-refractivity contribution in [2.24, 2.45) is 0 Å². The van der Waals surface area contributed by atoms with E-state index in [0.717, 1.165) is 29.3 Å². The zero-order valence-electron chi connectivity index (χ0n) is 17.7. The second-order valence-corrected chi connectivity index (χ2v) is 8.74. The number of benzene rings is 1. The normalized spacial score (nSPS) is 17.9. The highest BCUT2D eigenvalue weighted by Crippen LogP contribution is 2.40. The van der Waals surface area contributed by atoms with E-state index in [2.05, 4.69) is 20.6 Å². The Morgan fingerprint density at radius 2 is 1.88 bits per heavy atom. The lowest BCUT2D eigenvalue weighted by Gasteiger charge is -2.24. The quantitative estimate of drug-likeness (QED) is 0.403. The molecular weight excluding hydrogens is 470 g/mol. The van der Waals surface area contributed by atoms with Gasteiger partial charge in [-0.2, -0.15) is 13.2 Å². The van der Waals surface area contributed by atoms with Crippen molar-refractivity contribution in [2.75, 3.05) is 11.1 Å². The van der Waals surface area contributed by atoms with E-state index in [1.54, 1.807) is 30.5 Å². The van der Waals surface area contributed by atoms with Crippen molar-refractivity contribution in [2.45, 2.75) is 25.2 Å². The number of nitrogens with zero attached hydrogens (tertiary/aromatic N) is 2. The van der Waals surface area contributed by atoms with Gasteiger partial charge in [-0.15, -0.1) is 11.3 Å². The number of urea groups is 1. The predicted octanol–water partition coefficient (Wildman–Crippen LogP) is 5.81. The van der Waals surface area contributed by atoms with Crippen LogP contribution in [0.5, 0.6) is 0 Å². The molecule has 2 amide bonds. The second kappa shape index (κ2) is 9.26. The van der Waals surface area contributed by atoms with E-state index in [-0.39, 0.29) is 11.4 Å². The maximum absolute atomic E-state index is 15.5. The molecule has 0 bridgehead atoms. The molecule has 0 fully saturated rings. The van der Waals surface area contributed by atoms with Crippen molar-refractivity contribution < 1.29 is 22.4 Å². The average Bonchev–Trinajstić information content (AvgIpc) is 3.16. The van der Waals surface area contributed by atoms with Gasteiger partial charge in [0, 0.05) is 22.3 Å². The average molecular weight is 489 g/mol. The first-order valence-electron chi connectivity index (χ1n) is 10.1. The molecule has 3 aromatic rings. The Hall–Kier alpha value is -3.73. The van der Waals surface area contributed by atoms with Gasteiger partial charge in [-0.05, 0) is 49.4 Å². The number of pyridine rings is 1. The largest absolute Gasteiger partial charge is 0.416 e. The van der Waals surface area contributed by atoms with E-state index in [1.165, 1.54) is 17.4 Å². The zero-order valence-corrected chi connectivity index (χ0v) is 18.5. The number of allylic oxidation sites excluding steroid dienone is 4. The van der Waals surface area contributed by atoms with Gasteiger partial charge in [-0.1, -0.05) is 12.2 Å². The Kier molecular flexibility index (Phi) is 6.38. The number of carbonyl (C=O) groups is 1. The van der Waals surface area contributed by atoms with Crippen molar-refractivity contribution >= 4 is 28.9 Å². The standard InChI is InChI=1S/C23H19F4N5OS/c1-12-30-20(13-9-10-29-18(28)11-13)21(34-12)16-3-2-4-17(19(16)24)32-22(33)31-15-7-5-14(6-8-15)23(25,26)27/h2-11,16,19H,1H3,(H2,28,29)(H2,31,32,33). The van der Waals surface area contributed by atoms with Crippen molar-refractivity contribution in [3.05, 3.63) is 82.0 Å². The molecule has 2 unspecified atom stereocenters. The zero-order chi connectivity index (χ0) is 24.5. The third-order valence-corrected chi connectivity index (χ3v) is 6.12. The van der Waals surface area contributed by atoms with Crippen molar-refractivity contribution in [3.63, 3.8) is 0 Å². The molecule has 1 aliphatic carbocycles. The molecule has 2 atom stereocenters. The Morgan fingerprint density at radius 1 is 1.15 bits per heavy atom. The molecule has 0 saturated carbocycles. The number of halogens is 4. The van der Waals surface area contributed by atoms with Crippen LogP contribution in [-0.2, 0) is 6.18 Å². The first-order valence-corrected chi connectivity index (χ1v) is 10.9. The minimum absolute atomic E-state index is 0.0168. The summed E-state index contributed by atoms with van der Waals surface area (Å²) in [7, 11) is 0. The molecule has 6 nitrogen and oxygen atoms in total. The van der Waals surface area contributed by atoms with Crippen LogP contribution < -0.4 is 16.4 Å². The van der Waals surface area contributed by atoms with Gasteiger partial charge in [-0.3, -0.25) is 0 Å². The number of nitrogens with one attached hydrogen (secondary N) is 2. The van der Waals surface area contributed by atoms with Crippen LogP contribution in [0.4, 0.5) is 33.9 Å². The molecule has 2 heterocycles. The summed E-state index contributed by atoms with van der Waals surface area (Å²) in [5.41, 5.74) is 6.40. The van der Waals surface area contributed by atoms with Crippen molar-refractivity contribution in [1.82, 2.24) is 15.3 Å². The predicted molar refractivity (Wildman–Crippen MR) is 123 cm³/mol. The molecular formula is C23H19F4N5OS. The van der Waals surface area contributed by atoms with Crippen molar-refractivity contribution in [1.29, 1.82) is 0 Å². The third-order valence-electron chi connectivity index (χ3n) is 5.05. The summed E-state index contributed by atoms with van der Waals surface area (Å²) in [4.78, 5) is 21.5. The van der Waals surface area contributed by atoms with E-state index < -0.39 is 29.9 Å². The maximum atomic E-state index is 15.5. The number of aromatic nitrogens is 2. The summed E-state index contributed by atoms with van der Waals surface area (Å²) < 4.78 is 53.6. The fourth-order valence-corrected chi connectivity index (χ4v) is 4.55. The second-order valence-electron chi connectivity index (χ2n) is 7.50. The molecule has 4 rings (SSSR count). The summed E-state index contributed by atoms with van der Waals surface area (Å²) >= 11 is 1.34. The van der Waals surface area contributed by atoms with Crippen LogP contribution in [0.2, 0.25) is 0 Å². The number of amides is 2. The number of carbonyl (C=O) groups excluding carboxylic acids is 1. The number of aryl methyl sites for hydroxylation is 1. The number of alkyl halides is 4. The molecule has 4 N–H and O–H groups in total. The van der Waals surface area contributed by atoms with Crippen LogP contribution in [0.1, 0.15) is 21.4 Å². The van der Waals surface area contributed by atoms with Gasteiger partial charge in [0.15, 0.2) is 6.17 Å². The Morgan fingerprint density at radius 3 is 2.56 bits per heavy atom. The molecule has 1 aromatic carbocycles. The molecule has 0 saturated heterocycles. The number of nitrogen functional groups attached to an aromatic ring is 1. The summed E-state index contributed by atoms with van der Waals surface area (Å²) in [6.45, 7) is 1.81. The van der Waals surface area contributed by atoms with Crippen LogP contribution >= 0.6 is 11.3 Å². The van der Waals surface area contributed by atoms with Gasteiger partial charge < -0.3 is 16.4 Å². The number of hydrogen-bond acceptors (Lipinski definition) is 5. The maximum Gasteiger partial charge on any atom is 0.416 e. The number of hydrogen-bond donors (Lipinski definition) is 3. The number of thiazole rings is 1. The van der Waals surface area contributed by atoms with E-state index >= 15 is 4.39 Å². The molecule has 0 spiro atoms. The van der Waals surface area contributed by atoms with Gasteiger partial charge in [0.2, 0.25) is 0 Å². The van der Waals surface area contributed by atoms with E-state index in [1.807, 2.05) is 6.92 Å². The minimum atomic E-state index is -4.48. The lowest BCUT2D eigenvalue weighted by Crippen LogP contribution is -2.34. The first-order chi connectivity index (χ1) is 16.1. The Bertz CT molecular complexity index is 1270. The van der Waals surface area contributed by atoms with Gasteiger partial charge in [-0.25, -0.2) is 19.2 Å². The molecule has 11 heteroatoms. The van der Waals surface area contributed by atoms with Crippen molar-refractivity contribution in [3.8, 4) is 11.3 Å². The van der Waals surface area contributed by atoms with Gasteiger partial charge in [0.25, 0.3) is 0 Å². The third kappa shape index (κ3) is 5.09. The smallest absolute Gasteiger partial charge is 0.384 e. The fraction of sp³-hybridized carbons (Fsp3) is 0.174. The van der Waals surface area contributed by atoms with Crippen LogP contribution in [0.3, 0.4) is 0 Å². The monoisotopic (exact) mass is 489 g/mol. The van der Waals surface area contributed by atoms with E-state index in [0.29, 0.717) is 22.0 Å². The van der Waals surface area contributed by atoms with Gasteiger partial charge >= 0.3 is 12.2 Å². The molecule has 0 radical (unpaired) electrons. The van der Waals surface area contributed by atoms with E-state index in [4.69, 9.17) is 5.73 Å². The molecule has 0 aliphatic heterocycles. The number of anilines is 2. The molecule has 1 aliphatic rings. The van der Waals surface area contributed by atoms with E-state index in [9.17, 15) is 18.0 Å². The highest BCUT2D eigenvalue weighted by Gasteiger charge is 2.32. The van der Waals surface area contributed by atoms with Crippen LogP contribution in [0, 0.1) is 6.92 Å². The lowest BCUT2D eigenvalue weighted by atomic mass is 9.92.